The first kappa shape index (κ1) is 11.5. The van der Waals surface area contributed by atoms with E-state index in [2.05, 4.69) is 4.74 Å². The van der Waals surface area contributed by atoms with Crippen molar-refractivity contribution in [3.8, 4) is 0 Å². The van der Waals surface area contributed by atoms with Gasteiger partial charge in [-0.3, -0.25) is 4.74 Å². The van der Waals surface area contributed by atoms with E-state index in [0.717, 1.165) is 0 Å². The summed E-state index contributed by atoms with van der Waals surface area (Å²) in [6, 6.07) is 0. The molecule has 8 heteroatoms. The Hall–Kier alpha value is 0.540. The van der Waals surface area contributed by atoms with Crippen molar-refractivity contribution in [3.05, 3.63) is 0 Å². The summed E-state index contributed by atoms with van der Waals surface area (Å²) in [7, 11) is 0. The van der Waals surface area contributed by atoms with E-state index in [1.165, 1.54) is 0 Å². The third kappa shape index (κ3) is 1.51. The number of alkyl halides is 6. The summed E-state index contributed by atoms with van der Waals surface area (Å²) in [4.78, 5) is 0. The van der Waals surface area contributed by atoms with E-state index in [4.69, 9.17) is 0 Å². The fraction of sp³-hybridized carbons (Fsp3) is 1.00. The molecule has 0 radical (unpaired) electrons. The summed E-state index contributed by atoms with van der Waals surface area (Å²) in [5.41, 5.74) is 0. The minimum absolute atomic E-state index is 0. The Morgan fingerprint density at radius 3 is 1.27 bits per heavy atom. The molecule has 1 saturated heterocycles. The quantitative estimate of drug-likeness (QED) is 0.317. The van der Waals surface area contributed by atoms with Gasteiger partial charge in [-0.15, -0.1) is 0 Å². The number of hydrogen-bond donors (Lipinski definition) is 0. The molecule has 1 aliphatic heterocycles. The number of ether oxygens (including phenoxy) is 1. The van der Waals surface area contributed by atoms with Gasteiger partial charge in [0.2, 0.25) is 0 Å². The molecule has 1 aliphatic rings. The fourth-order valence-electron chi connectivity index (χ4n) is 0.374. The minimum atomic E-state index is -5.66. The van der Waals surface area contributed by atoms with Gasteiger partial charge in [-0.1, -0.05) is 0 Å². The first-order valence-electron chi connectivity index (χ1n) is 2.04. The number of halogens is 6. The van der Waals surface area contributed by atoms with Crippen LogP contribution in [0.5, 0.6) is 0 Å². The molecule has 0 aromatic carbocycles. The summed E-state index contributed by atoms with van der Waals surface area (Å²) < 4.78 is 70.4. The molecule has 0 amide bonds. The van der Waals surface area contributed by atoms with Crippen LogP contribution in [0.3, 0.4) is 0 Å². The molecule has 1 fully saturated rings. The zero-order valence-electron chi connectivity index (χ0n) is 4.18. The van der Waals surface area contributed by atoms with Crippen LogP contribution in [-0.2, 0) is 4.74 Å². The van der Waals surface area contributed by atoms with Crippen LogP contribution < -0.4 is 0 Å². The third-order valence-electron chi connectivity index (χ3n) is 0.966. The summed E-state index contributed by atoms with van der Waals surface area (Å²) in [6.45, 7) is 0. The van der Waals surface area contributed by atoms with Gasteiger partial charge in [0.1, 0.15) is 0 Å². The molecule has 11 heavy (non-hydrogen) atoms. The SMILES string of the molecule is FC(F)(F)C1(F)OC1(F)F.[NaH]. The van der Waals surface area contributed by atoms with Crippen molar-refractivity contribution in [2.24, 2.45) is 0 Å². The van der Waals surface area contributed by atoms with E-state index < -0.39 is 18.1 Å². The van der Waals surface area contributed by atoms with Crippen LogP contribution in [0.15, 0.2) is 0 Å². The van der Waals surface area contributed by atoms with Crippen molar-refractivity contribution in [2.45, 2.75) is 18.1 Å². The molecule has 0 aromatic heterocycles. The van der Waals surface area contributed by atoms with Gasteiger partial charge in [0.05, 0.1) is 0 Å². The van der Waals surface area contributed by atoms with Crippen LogP contribution in [-0.4, -0.2) is 47.7 Å². The number of hydrogen-bond acceptors (Lipinski definition) is 1. The van der Waals surface area contributed by atoms with Crippen LogP contribution in [0, 0.1) is 0 Å². The van der Waals surface area contributed by atoms with Gasteiger partial charge in [-0.2, -0.15) is 26.3 Å². The fourth-order valence-corrected chi connectivity index (χ4v) is 0.374. The molecular formula is C3HF6NaO. The Balaban J connectivity index is 0.000001000. The normalized spacial score (nSPS) is 34.4. The second-order valence-electron chi connectivity index (χ2n) is 1.71. The molecule has 0 N–H and O–H groups in total. The van der Waals surface area contributed by atoms with Crippen molar-refractivity contribution in [3.63, 3.8) is 0 Å². The first-order valence-corrected chi connectivity index (χ1v) is 2.04. The summed E-state index contributed by atoms with van der Waals surface area (Å²) >= 11 is 0. The molecule has 0 spiro atoms. The average molecular weight is 190 g/mol. The van der Waals surface area contributed by atoms with E-state index in [1.807, 2.05) is 0 Å². The molecule has 1 nitrogen and oxygen atoms in total. The van der Waals surface area contributed by atoms with Gasteiger partial charge in [0.15, 0.2) is 0 Å². The Labute approximate surface area is 79.0 Å². The monoisotopic (exact) mass is 190 g/mol. The van der Waals surface area contributed by atoms with E-state index in [0.29, 0.717) is 0 Å². The van der Waals surface area contributed by atoms with Gasteiger partial charge in [0.25, 0.3) is 0 Å². The maximum absolute atomic E-state index is 11.7. The van der Waals surface area contributed by atoms with Crippen molar-refractivity contribution < 1.29 is 31.1 Å². The second kappa shape index (κ2) is 2.51. The van der Waals surface area contributed by atoms with Gasteiger partial charge in [-0.05, 0) is 0 Å². The second-order valence-corrected chi connectivity index (χ2v) is 1.71. The molecule has 0 aromatic rings. The molecular weight excluding hydrogens is 189 g/mol. The Bertz CT molecular complexity index is 166. The van der Waals surface area contributed by atoms with E-state index in [1.54, 1.807) is 0 Å². The van der Waals surface area contributed by atoms with Crippen molar-refractivity contribution in [2.75, 3.05) is 0 Å². The zero-order chi connectivity index (χ0) is 8.21. The Kier molecular flexibility index (Phi) is 2.64. The third-order valence-corrected chi connectivity index (χ3v) is 0.966. The Morgan fingerprint density at radius 2 is 1.27 bits per heavy atom. The van der Waals surface area contributed by atoms with Gasteiger partial charge in [-0.25, -0.2) is 0 Å². The zero-order valence-corrected chi connectivity index (χ0v) is 4.18. The van der Waals surface area contributed by atoms with Crippen molar-refractivity contribution in [1.29, 1.82) is 0 Å². The standard InChI is InChI=1S/C3F6O.Na.H/c4-1(2(5,6)7)3(8,9)10-1;;. The molecule has 62 valence electrons. The molecule has 0 aliphatic carbocycles. The molecule has 0 saturated carbocycles. The molecule has 1 rings (SSSR count). The van der Waals surface area contributed by atoms with Gasteiger partial charge in [0, 0.05) is 0 Å². The molecule has 1 heterocycles. The van der Waals surface area contributed by atoms with Crippen LogP contribution in [0.4, 0.5) is 26.3 Å². The van der Waals surface area contributed by atoms with Gasteiger partial charge >= 0.3 is 47.7 Å². The summed E-state index contributed by atoms with van der Waals surface area (Å²) in [5.74, 6) is -4.75. The summed E-state index contributed by atoms with van der Waals surface area (Å²) in [5, 5.41) is 0. The average Bonchev–Trinajstić information content (AvgIpc) is 2.05. The van der Waals surface area contributed by atoms with Crippen LogP contribution in [0.1, 0.15) is 0 Å². The molecule has 1 atom stereocenters. The molecule has 0 bridgehead atoms. The van der Waals surface area contributed by atoms with E-state index in [-0.39, 0.29) is 29.6 Å². The van der Waals surface area contributed by atoms with Crippen LogP contribution >= 0.6 is 0 Å². The van der Waals surface area contributed by atoms with E-state index >= 15 is 0 Å². The predicted octanol–water partition coefficient (Wildman–Crippen LogP) is 1.19. The van der Waals surface area contributed by atoms with Crippen LogP contribution in [0.25, 0.3) is 0 Å². The van der Waals surface area contributed by atoms with Crippen molar-refractivity contribution in [1.82, 2.24) is 0 Å². The maximum atomic E-state index is 11.7. The molecule has 1 unspecified atom stereocenters. The van der Waals surface area contributed by atoms with E-state index in [9.17, 15) is 26.3 Å². The van der Waals surface area contributed by atoms with Crippen molar-refractivity contribution >= 4 is 29.6 Å². The first-order chi connectivity index (χ1) is 4.21. The number of epoxide rings is 1. The topological polar surface area (TPSA) is 12.5 Å². The van der Waals surface area contributed by atoms with Gasteiger partial charge < -0.3 is 0 Å². The van der Waals surface area contributed by atoms with Crippen LogP contribution in [0.2, 0.25) is 0 Å². The number of rotatable bonds is 0. The summed E-state index contributed by atoms with van der Waals surface area (Å²) in [6.07, 6.45) is -10.4. The Morgan fingerprint density at radius 1 is 1.00 bits per heavy atom. The predicted molar refractivity (Wildman–Crippen MR) is 23.1 cm³/mol.